The summed E-state index contributed by atoms with van der Waals surface area (Å²) in [5.41, 5.74) is 5.62. The molecule has 3 N–H and O–H groups in total. The third-order valence-electron chi connectivity index (χ3n) is 2.79. The van der Waals surface area contributed by atoms with Crippen LogP contribution in [0.15, 0.2) is 23.1 Å². The Hall–Kier alpha value is -1.18. The molecule has 0 aromatic heterocycles. The van der Waals surface area contributed by atoms with Crippen molar-refractivity contribution in [2.45, 2.75) is 24.2 Å². The van der Waals surface area contributed by atoms with Crippen LogP contribution in [0.4, 0.5) is 10.1 Å². The molecule has 0 saturated heterocycles. The lowest BCUT2D eigenvalue weighted by Crippen LogP contribution is -2.28. The van der Waals surface area contributed by atoms with Gasteiger partial charge in [-0.05, 0) is 37.5 Å². The molecule has 0 aliphatic heterocycles. The Morgan fingerprint density at radius 1 is 1.32 bits per heavy atom. The molecule has 0 radical (unpaired) electrons. The second-order valence-electron chi connectivity index (χ2n) is 4.29. The first-order chi connectivity index (χ1) is 8.89. The molecule has 0 bridgehead atoms. The first-order valence-electron chi connectivity index (χ1n) is 6.02. The van der Waals surface area contributed by atoms with E-state index < -0.39 is 15.8 Å². The van der Waals surface area contributed by atoms with Crippen molar-refractivity contribution in [1.82, 2.24) is 4.31 Å². The van der Waals surface area contributed by atoms with Gasteiger partial charge in [-0.2, -0.15) is 0 Å². The van der Waals surface area contributed by atoms with Crippen LogP contribution < -0.4 is 5.73 Å². The minimum atomic E-state index is -3.77. The van der Waals surface area contributed by atoms with Crippen molar-refractivity contribution in [3.8, 4) is 0 Å². The molecular formula is C12H19FN2O3S. The molecule has 0 saturated carbocycles. The van der Waals surface area contributed by atoms with Crippen LogP contribution in [0.2, 0.25) is 0 Å². The molecule has 1 aromatic carbocycles. The second-order valence-corrected chi connectivity index (χ2v) is 6.31. The summed E-state index contributed by atoms with van der Waals surface area (Å²) < 4.78 is 38.7. The fourth-order valence-electron chi connectivity index (χ4n) is 1.64. The Labute approximate surface area is 112 Å². The summed E-state index contributed by atoms with van der Waals surface area (Å²) in [6.07, 6.45) is 2.00. The van der Waals surface area contributed by atoms with E-state index in [4.69, 9.17) is 10.8 Å². The number of benzene rings is 1. The lowest BCUT2D eigenvalue weighted by molar-refractivity contribution is 0.281. The molecule has 0 unspecified atom stereocenters. The summed E-state index contributed by atoms with van der Waals surface area (Å²) in [5.74, 6) is -0.638. The Morgan fingerprint density at radius 2 is 2.00 bits per heavy atom. The van der Waals surface area contributed by atoms with Crippen LogP contribution in [-0.2, 0) is 10.0 Å². The number of aliphatic hydroxyl groups is 1. The molecule has 108 valence electrons. The largest absolute Gasteiger partial charge is 0.398 e. The predicted octanol–water partition coefficient (Wildman–Crippen LogP) is 1.19. The maximum absolute atomic E-state index is 13.1. The summed E-state index contributed by atoms with van der Waals surface area (Å²) in [6.45, 7) is 0.394. The van der Waals surface area contributed by atoms with Gasteiger partial charge in [0.15, 0.2) is 0 Å². The topological polar surface area (TPSA) is 83.6 Å². The molecule has 7 heteroatoms. The van der Waals surface area contributed by atoms with Crippen LogP contribution in [0.25, 0.3) is 0 Å². The second kappa shape index (κ2) is 6.83. The van der Waals surface area contributed by atoms with Gasteiger partial charge < -0.3 is 10.8 Å². The molecule has 0 atom stereocenters. The number of sulfonamides is 1. The number of nitrogens with two attached hydrogens (primary N) is 1. The Kier molecular flexibility index (Phi) is 5.71. The molecule has 5 nitrogen and oxygen atoms in total. The van der Waals surface area contributed by atoms with Crippen LogP contribution in [0.5, 0.6) is 0 Å². The highest BCUT2D eigenvalue weighted by atomic mass is 32.2. The maximum Gasteiger partial charge on any atom is 0.244 e. The number of nitrogens with zero attached hydrogens (tertiary/aromatic N) is 1. The molecule has 1 rings (SSSR count). The minimum absolute atomic E-state index is 0.0311. The summed E-state index contributed by atoms with van der Waals surface area (Å²) in [5, 5.41) is 8.65. The van der Waals surface area contributed by atoms with E-state index in [-0.39, 0.29) is 17.2 Å². The summed E-state index contributed by atoms with van der Waals surface area (Å²) >= 11 is 0. The van der Waals surface area contributed by atoms with Crippen molar-refractivity contribution >= 4 is 15.7 Å². The zero-order valence-electron chi connectivity index (χ0n) is 10.8. The van der Waals surface area contributed by atoms with Gasteiger partial charge in [0.1, 0.15) is 10.7 Å². The normalized spacial score (nSPS) is 12.0. The molecular weight excluding hydrogens is 271 g/mol. The molecule has 0 spiro atoms. The van der Waals surface area contributed by atoms with E-state index in [1.165, 1.54) is 13.1 Å². The van der Waals surface area contributed by atoms with Crippen LogP contribution in [0, 0.1) is 5.82 Å². The monoisotopic (exact) mass is 290 g/mol. The number of halogens is 1. The van der Waals surface area contributed by atoms with E-state index in [2.05, 4.69) is 0 Å². The highest BCUT2D eigenvalue weighted by molar-refractivity contribution is 7.89. The van der Waals surface area contributed by atoms with Gasteiger partial charge in [0.25, 0.3) is 0 Å². The summed E-state index contributed by atoms with van der Waals surface area (Å²) in [4.78, 5) is -0.211. The van der Waals surface area contributed by atoms with Crippen molar-refractivity contribution in [2.75, 3.05) is 25.9 Å². The summed E-state index contributed by atoms with van der Waals surface area (Å²) in [6, 6.07) is 3.28. The van der Waals surface area contributed by atoms with Gasteiger partial charge >= 0.3 is 0 Å². The van der Waals surface area contributed by atoms with Gasteiger partial charge in [0.2, 0.25) is 10.0 Å². The zero-order valence-corrected chi connectivity index (χ0v) is 11.7. The number of rotatable bonds is 7. The Bertz CT molecular complexity index is 520. The number of anilines is 1. The van der Waals surface area contributed by atoms with Gasteiger partial charge in [0, 0.05) is 20.2 Å². The first-order valence-corrected chi connectivity index (χ1v) is 7.46. The van der Waals surface area contributed by atoms with E-state index in [0.29, 0.717) is 19.4 Å². The molecule has 19 heavy (non-hydrogen) atoms. The van der Waals surface area contributed by atoms with Gasteiger partial charge in [-0.3, -0.25) is 0 Å². The third-order valence-corrected chi connectivity index (χ3v) is 4.71. The lowest BCUT2D eigenvalue weighted by Gasteiger charge is -2.18. The van der Waals surface area contributed by atoms with Crippen LogP contribution in [0.1, 0.15) is 19.3 Å². The third kappa shape index (κ3) is 4.15. The Balaban J connectivity index is 2.82. The van der Waals surface area contributed by atoms with Crippen molar-refractivity contribution in [3.63, 3.8) is 0 Å². The molecule has 0 heterocycles. The fraction of sp³-hybridized carbons (Fsp3) is 0.500. The minimum Gasteiger partial charge on any atom is -0.398 e. The van der Waals surface area contributed by atoms with Gasteiger partial charge in [-0.15, -0.1) is 0 Å². The average Bonchev–Trinajstić information content (AvgIpc) is 2.37. The highest BCUT2D eigenvalue weighted by Gasteiger charge is 2.23. The van der Waals surface area contributed by atoms with E-state index in [1.54, 1.807) is 0 Å². The smallest absolute Gasteiger partial charge is 0.244 e. The average molecular weight is 290 g/mol. The van der Waals surface area contributed by atoms with Crippen LogP contribution in [-0.4, -0.2) is 38.0 Å². The van der Waals surface area contributed by atoms with Crippen molar-refractivity contribution in [3.05, 3.63) is 24.0 Å². The van der Waals surface area contributed by atoms with Crippen LogP contribution in [0.3, 0.4) is 0 Å². The number of nitrogen functional groups attached to an aromatic ring is 1. The first kappa shape index (κ1) is 15.9. The quantitative estimate of drug-likeness (QED) is 0.583. The van der Waals surface area contributed by atoms with Crippen molar-refractivity contribution < 1.29 is 17.9 Å². The number of hydrogen-bond acceptors (Lipinski definition) is 4. The SMILES string of the molecule is CN(CCCCCO)S(=O)(=O)c1cc(F)ccc1N. The highest BCUT2D eigenvalue weighted by Crippen LogP contribution is 2.22. The number of hydrogen-bond donors (Lipinski definition) is 2. The molecule has 0 fully saturated rings. The van der Waals surface area contributed by atoms with E-state index in [0.717, 1.165) is 22.9 Å². The number of aliphatic hydroxyl groups excluding tert-OH is 1. The standard InChI is InChI=1S/C12H19FN2O3S/c1-15(7-3-2-4-8-16)19(17,18)12-9-10(13)5-6-11(12)14/h5-6,9,16H,2-4,7-8,14H2,1H3. The van der Waals surface area contributed by atoms with E-state index in [1.807, 2.05) is 0 Å². The lowest BCUT2D eigenvalue weighted by atomic mass is 10.2. The molecule has 1 aromatic rings. The molecule has 0 amide bonds. The van der Waals surface area contributed by atoms with Crippen LogP contribution >= 0.6 is 0 Å². The Morgan fingerprint density at radius 3 is 2.63 bits per heavy atom. The predicted molar refractivity (Wildman–Crippen MR) is 71.6 cm³/mol. The zero-order chi connectivity index (χ0) is 14.5. The van der Waals surface area contributed by atoms with E-state index >= 15 is 0 Å². The van der Waals surface area contributed by atoms with Gasteiger partial charge in [0.05, 0.1) is 5.69 Å². The van der Waals surface area contributed by atoms with E-state index in [9.17, 15) is 12.8 Å². The van der Waals surface area contributed by atoms with Gasteiger partial charge in [-0.1, -0.05) is 0 Å². The summed E-state index contributed by atoms with van der Waals surface area (Å²) in [7, 11) is -2.34. The fourth-order valence-corrected chi connectivity index (χ4v) is 2.98. The number of unbranched alkanes of at least 4 members (excludes halogenated alkanes) is 2. The molecule has 0 aliphatic carbocycles. The molecule has 0 aliphatic rings. The van der Waals surface area contributed by atoms with Crippen molar-refractivity contribution in [2.24, 2.45) is 0 Å². The maximum atomic E-state index is 13.1. The van der Waals surface area contributed by atoms with Crippen molar-refractivity contribution in [1.29, 1.82) is 0 Å². The van der Waals surface area contributed by atoms with Gasteiger partial charge in [-0.25, -0.2) is 17.1 Å².